The molecular weight excluding hydrogens is 218 g/mol. The van der Waals surface area contributed by atoms with Crippen molar-refractivity contribution in [2.45, 2.75) is 45.1 Å². The van der Waals surface area contributed by atoms with E-state index in [1.165, 1.54) is 18.4 Å². The number of rotatable bonds is 1. The summed E-state index contributed by atoms with van der Waals surface area (Å²) in [6.45, 7) is 4.62. The zero-order chi connectivity index (χ0) is 11.8. The van der Waals surface area contributed by atoms with Gasteiger partial charge in [-0.2, -0.15) is 0 Å². The van der Waals surface area contributed by atoms with Crippen LogP contribution in [-0.2, 0) is 5.54 Å². The van der Waals surface area contributed by atoms with Crippen molar-refractivity contribution >= 4 is 11.6 Å². The van der Waals surface area contributed by atoms with Crippen LogP contribution in [0.2, 0.25) is 5.02 Å². The van der Waals surface area contributed by atoms with Gasteiger partial charge in [0.05, 0.1) is 0 Å². The van der Waals surface area contributed by atoms with Gasteiger partial charge in [-0.05, 0) is 42.4 Å². The van der Waals surface area contributed by atoms with Crippen LogP contribution >= 0.6 is 11.6 Å². The molecule has 0 heterocycles. The van der Waals surface area contributed by atoms with E-state index in [0.29, 0.717) is 5.41 Å². The lowest BCUT2D eigenvalue weighted by Gasteiger charge is -2.43. The molecule has 1 atom stereocenters. The van der Waals surface area contributed by atoms with Gasteiger partial charge in [-0.15, -0.1) is 0 Å². The molecule has 0 spiro atoms. The van der Waals surface area contributed by atoms with Crippen LogP contribution in [0.1, 0.15) is 45.1 Å². The van der Waals surface area contributed by atoms with Crippen LogP contribution in [0, 0.1) is 5.41 Å². The highest BCUT2D eigenvalue weighted by molar-refractivity contribution is 6.30. The molecule has 1 aromatic rings. The summed E-state index contributed by atoms with van der Waals surface area (Å²) in [5.74, 6) is 0. The summed E-state index contributed by atoms with van der Waals surface area (Å²) in [5.41, 5.74) is 7.98. The Bertz CT molecular complexity index is 369. The first kappa shape index (κ1) is 11.9. The van der Waals surface area contributed by atoms with Crippen LogP contribution in [0.4, 0.5) is 0 Å². The van der Waals surface area contributed by atoms with Crippen LogP contribution in [0.3, 0.4) is 0 Å². The minimum absolute atomic E-state index is 0.160. The van der Waals surface area contributed by atoms with Crippen molar-refractivity contribution in [2.24, 2.45) is 11.1 Å². The summed E-state index contributed by atoms with van der Waals surface area (Å²) >= 11 is 5.91. The van der Waals surface area contributed by atoms with E-state index in [4.69, 9.17) is 17.3 Å². The van der Waals surface area contributed by atoms with Crippen LogP contribution in [0.15, 0.2) is 24.3 Å². The summed E-state index contributed by atoms with van der Waals surface area (Å²) in [5, 5.41) is 0.780. The Balaban J connectivity index is 2.27. The highest BCUT2D eigenvalue weighted by Crippen LogP contribution is 2.44. The van der Waals surface area contributed by atoms with Crippen LogP contribution < -0.4 is 5.73 Å². The quantitative estimate of drug-likeness (QED) is 0.782. The Hall–Kier alpha value is -0.530. The molecule has 1 aliphatic rings. The van der Waals surface area contributed by atoms with E-state index in [1.807, 2.05) is 12.1 Å². The molecule has 2 N–H and O–H groups in total. The molecule has 16 heavy (non-hydrogen) atoms. The van der Waals surface area contributed by atoms with Gasteiger partial charge >= 0.3 is 0 Å². The van der Waals surface area contributed by atoms with Crippen LogP contribution in [0.25, 0.3) is 0 Å². The Morgan fingerprint density at radius 3 is 2.31 bits per heavy atom. The lowest BCUT2D eigenvalue weighted by Crippen LogP contribution is -2.44. The predicted octanol–water partition coefficient (Wildman–Crippen LogP) is 4.09. The monoisotopic (exact) mass is 237 g/mol. The number of nitrogens with two attached hydrogens (primary N) is 1. The van der Waals surface area contributed by atoms with Crippen LogP contribution in [0.5, 0.6) is 0 Å². The minimum Gasteiger partial charge on any atom is -0.321 e. The van der Waals surface area contributed by atoms with Gasteiger partial charge in [-0.1, -0.05) is 44.0 Å². The van der Waals surface area contributed by atoms with Gasteiger partial charge in [-0.25, -0.2) is 0 Å². The Morgan fingerprint density at radius 1 is 1.12 bits per heavy atom. The van der Waals surface area contributed by atoms with Crippen molar-refractivity contribution in [3.8, 4) is 0 Å². The second-order valence-corrected chi connectivity index (χ2v) is 6.29. The van der Waals surface area contributed by atoms with E-state index in [9.17, 15) is 0 Å². The maximum absolute atomic E-state index is 6.56. The van der Waals surface area contributed by atoms with E-state index in [1.54, 1.807) is 0 Å². The van der Waals surface area contributed by atoms with Crippen molar-refractivity contribution in [3.63, 3.8) is 0 Å². The van der Waals surface area contributed by atoms with Crippen molar-refractivity contribution < 1.29 is 0 Å². The predicted molar refractivity (Wildman–Crippen MR) is 69.6 cm³/mol. The Morgan fingerprint density at radius 2 is 1.75 bits per heavy atom. The Labute approximate surface area is 103 Å². The first-order chi connectivity index (χ1) is 7.41. The van der Waals surface area contributed by atoms with E-state index in [2.05, 4.69) is 26.0 Å². The molecule has 1 aliphatic carbocycles. The average Bonchev–Trinajstić information content (AvgIpc) is 2.16. The highest BCUT2D eigenvalue weighted by atomic mass is 35.5. The molecule has 1 aromatic carbocycles. The zero-order valence-electron chi connectivity index (χ0n) is 10.1. The summed E-state index contributed by atoms with van der Waals surface area (Å²) in [4.78, 5) is 0. The van der Waals surface area contributed by atoms with Crippen molar-refractivity contribution in [2.75, 3.05) is 0 Å². The molecule has 0 radical (unpaired) electrons. The number of halogens is 1. The molecular formula is C14H20ClN. The third-order valence-corrected chi connectivity index (χ3v) is 3.94. The van der Waals surface area contributed by atoms with E-state index in [0.717, 1.165) is 17.9 Å². The maximum atomic E-state index is 6.56. The van der Waals surface area contributed by atoms with Gasteiger partial charge in [0, 0.05) is 10.6 Å². The lowest BCUT2D eigenvalue weighted by atomic mass is 9.66. The molecule has 1 nitrogen and oxygen atoms in total. The van der Waals surface area contributed by atoms with E-state index >= 15 is 0 Å². The molecule has 2 heteroatoms. The van der Waals surface area contributed by atoms with Gasteiger partial charge in [-0.3, -0.25) is 0 Å². The summed E-state index contributed by atoms with van der Waals surface area (Å²) in [7, 11) is 0. The SMILES string of the molecule is CC1(C)CCCC(N)(c2ccc(Cl)cc2)C1. The van der Waals surface area contributed by atoms with Crippen molar-refractivity contribution in [3.05, 3.63) is 34.9 Å². The summed E-state index contributed by atoms with van der Waals surface area (Å²) < 4.78 is 0. The molecule has 0 bridgehead atoms. The zero-order valence-corrected chi connectivity index (χ0v) is 10.8. The molecule has 0 saturated heterocycles. The van der Waals surface area contributed by atoms with Gasteiger partial charge in [0.2, 0.25) is 0 Å². The molecule has 0 aliphatic heterocycles. The number of hydrogen-bond donors (Lipinski definition) is 1. The molecule has 88 valence electrons. The first-order valence-corrected chi connectivity index (χ1v) is 6.34. The smallest absolute Gasteiger partial charge is 0.0414 e. The number of benzene rings is 1. The lowest BCUT2D eigenvalue weighted by molar-refractivity contribution is 0.151. The molecule has 0 aromatic heterocycles. The fourth-order valence-electron chi connectivity index (χ4n) is 2.94. The molecule has 0 amide bonds. The van der Waals surface area contributed by atoms with E-state index < -0.39 is 0 Å². The maximum Gasteiger partial charge on any atom is 0.0414 e. The standard InChI is InChI=1S/C14H20ClN/c1-13(2)8-3-9-14(16,10-13)11-4-6-12(15)7-5-11/h4-7H,3,8-10,16H2,1-2H3. The number of hydrogen-bond acceptors (Lipinski definition) is 1. The Kier molecular flexibility index (Phi) is 3.02. The highest BCUT2D eigenvalue weighted by Gasteiger charge is 2.38. The van der Waals surface area contributed by atoms with E-state index in [-0.39, 0.29) is 5.54 Å². The molecule has 1 saturated carbocycles. The van der Waals surface area contributed by atoms with Gasteiger partial charge in [0.1, 0.15) is 0 Å². The molecule has 2 rings (SSSR count). The molecule has 1 unspecified atom stereocenters. The van der Waals surface area contributed by atoms with Crippen LogP contribution in [-0.4, -0.2) is 0 Å². The minimum atomic E-state index is -0.160. The van der Waals surface area contributed by atoms with Crippen molar-refractivity contribution in [1.82, 2.24) is 0 Å². The largest absolute Gasteiger partial charge is 0.321 e. The fourth-order valence-corrected chi connectivity index (χ4v) is 3.07. The third-order valence-electron chi connectivity index (χ3n) is 3.69. The first-order valence-electron chi connectivity index (χ1n) is 5.96. The third kappa shape index (κ3) is 2.41. The normalized spacial score (nSPS) is 29.0. The van der Waals surface area contributed by atoms with Gasteiger partial charge < -0.3 is 5.73 Å². The average molecular weight is 238 g/mol. The second kappa shape index (κ2) is 4.05. The van der Waals surface area contributed by atoms with Gasteiger partial charge in [0.15, 0.2) is 0 Å². The topological polar surface area (TPSA) is 26.0 Å². The summed E-state index contributed by atoms with van der Waals surface area (Å²) in [6, 6.07) is 8.02. The fraction of sp³-hybridized carbons (Fsp3) is 0.571. The summed E-state index contributed by atoms with van der Waals surface area (Å²) in [6.07, 6.45) is 4.63. The van der Waals surface area contributed by atoms with Crippen molar-refractivity contribution in [1.29, 1.82) is 0 Å². The second-order valence-electron chi connectivity index (χ2n) is 5.86. The van der Waals surface area contributed by atoms with Gasteiger partial charge in [0.25, 0.3) is 0 Å². The molecule has 1 fully saturated rings.